The second kappa shape index (κ2) is 5.49. The molecule has 88 valence electrons. The number of hydrogen-bond acceptors (Lipinski definition) is 1. The van der Waals surface area contributed by atoms with E-state index in [-0.39, 0.29) is 0 Å². The molecule has 0 saturated heterocycles. The standard InChI is InChI=1S/C15H23N/c1-13(15-10-11-15)16(2)12-6-9-14-7-4-3-5-8-14/h3-5,7-8,13,15H,6,9-12H2,1-2H3. The van der Waals surface area contributed by atoms with Gasteiger partial charge in [0.25, 0.3) is 0 Å². The molecule has 1 aromatic rings. The zero-order valence-corrected chi connectivity index (χ0v) is 10.5. The minimum atomic E-state index is 0.788. The van der Waals surface area contributed by atoms with Gasteiger partial charge in [0.05, 0.1) is 0 Å². The van der Waals surface area contributed by atoms with E-state index in [9.17, 15) is 0 Å². The Morgan fingerprint density at radius 1 is 1.25 bits per heavy atom. The Balaban J connectivity index is 1.67. The van der Waals surface area contributed by atoms with Gasteiger partial charge in [-0.15, -0.1) is 0 Å². The van der Waals surface area contributed by atoms with E-state index in [0.29, 0.717) is 0 Å². The van der Waals surface area contributed by atoms with Crippen LogP contribution in [0.15, 0.2) is 30.3 Å². The summed E-state index contributed by atoms with van der Waals surface area (Å²) in [6.07, 6.45) is 5.38. The van der Waals surface area contributed by atoms with Crippen LogP contribution >= 0.6 is 0 Å². The molecule has 1 atom stereocenters. The zero-order valence-electron chi connectivity index (χ0n) is 10.5. The van der Waals surface area contributed by atoms with Gasteiger partial charge in [0.1, 0.15) is 0 Å². The Bertz CT molecular complexity index is 302. The Kier molecular flexibility index (Phi) is 4.00. The van der Waals surface area contributed by atoms with Crippen molar-refractivity contribution in [1.29, 1.82) is 0 Å². The van der Waals surface area contributed by atoms with Crippen LogP contribution in [0.3, 0.4) is 0 Å². The molecule has 0 aliphatic heterocycles. The molecule has 1 fully saturated rings. The van der Waals surface area contributed by atoms with Crippen molar-refractivity contribution >= 4 is 0 Å². The van der Waals surface area contributed by atoms with Gasteiger partial charge in [-0.25, -0.2) is 0 Å². The molecule has 0 spiro atoms. The molecule has 16 heavy (non-hydrogen) atoms. The van der Waals surface area contributed by atoms with Crippen LogP contribution in [-0.4, -0.2) is 24.5 Å². The Morgan fingerprint density at radius 3 is 2.56 bits per heavy atom. The summed E-state index contributed by atoms with van der Waals surface area (Å²) in [5, 5.41) is 0. The van der Waals surface area contributed by atoms with Crippen molar-refractivity contribution in [3.63, 3.8) is 0 Å². The van der Waals surface area contributed by atoms with E-state index in [0.717, 1.165) is 12.0 Å². The largest absolute Gasteiger partial charge is 0.303 e. The summed E-state index contributed by atoms with van der Waals surface area (Å²) in [5.74, 6) is 0.988. The predicted molar refractivity (Wildman–Crippen MR) is 69.6 cm³/mol. The van der Waals surface area contributed by atoms with E-state index >= 15 is 0 Å². The molecule has 0 heterocycles. The highest BCUT2D eigenvalue weighted by molar-refractivity contribution is 5.14. The average Bonchev–Trinajstić information content (AvgIpc) is 3.13. The first-order chi connectivity index (χ1) is 7.77. The highest BCUT2D eigenvalue weighted by atomic mass is 15.1. The molecule has 1 aliphatic carbocycles. The molecule has 1 aromatic carbocycles. The fourth-order valence-electron chi connectivity index (χ4n) is 2.32. The molecule has 1 saturated carbocycles. The molecule has 0 aromatic heterocycles. The van der Waals surface area contributed by atoms with Crippen molar-refractivity contribution < 1.29 is 0 Å². The minimum absolute atomic E-state index is 0.788. The van der Waals surface area contributed by atoms with Crippen LogP contribution in [-0.2, 0) is 6.42 Å². The van der Waals surface area contributed by atoms with E-state index < -0.39 is 0 Å². The molecular weight excluding hydrogens is 194 g/mol. The number of benzene rings is 1. The van der Waals surface area contributed by atoms with Crippen molar-refractivity contribution in [3.8, 4) is 0 Å². The molecule has 2 rings (SSSR count). The summed E-state index contributed by atoms with van der Waals surface area (Å²) in [5.41, 5.74) is 1.47. The lowest BCUT2D eigenvalue weighted by molar-refractivity contribution is 0.232. The maximum absolute atomic E-state index is 2.53. The SMILES string of the molecule is CC(C1CC1)N(C)CCCc1ccccc1. The van der Waals surface area contributed by atoms with Gasteiger partial charge in [0, 0.05) is 6.04 Å². The first-order valence-electron chi connectivity index (χ1n) is 6.51. The van der Waals surface area contributed by atoms with E-state index in [4.69, 9.17) is 0 Å². The van der Waals surface area contributed by atoms with Crippen molar-refractivity contribution in [1.82, 2.24) is 4.90 Å². The first kappa shape index (κ1) is 11.7. The van der Waals surface area contributed by atoms with Crippen LogP contribution in [0.4, 0.5) is 0 Å². The van der Waals surface area contributed by atoms with Gasteiger partial charge >= 0.3 is 0 Å². The van der Waals surface area contributed by atoms with Crippen LogP contribution in [0.25, 0.3) is 0 Å². The van der Waals surface area contributed by atoms with Gasteiger partial charge < -0.3 is 4.90 Å². The molecule has 0 bridgehead atoms. The number of aryl methyl sites for hydroxylation is 1. The van der Waals surface area contributed by atoms with E-state index in [1.807, 2.05) is 0 Å². The average molecular weight is 217 g/mol. The third-order valence-electron chi connectivity index (χ3n) is 3.82. The summed E-state index contributed by atoms with van der Waals surface area (Å²) in [7, 11) is 2.27. The molecule has 1 nitrogen and oxygen atoms in total. The maximum Gasteiger partial charge on any atom is 0.00921 e. The quantitative estimate of drug-likeness (QED) is 0.706. The van der Waals surface area contributed by atoms with Crippen LogP contribution in [0.2, 0.25) is 0 Å². The number of nitrogens with zero attached hydrogens (tertiary/aromatic N) is 1. The summed E-state index contributed by atoms with van der Waals surface area (Å²) >= 11 is 0. The fraction of sp³-hybridized carbons (Fsp3) is 0.600. The smallest absolute Gasteiger partial charge is 0.00921 e. The molecule has 1 unspecified atom stereocenters. The van der Waals surface area contributed by atoms with Gasteiger partial charge in [-0.3, -0.25) is 0 Å². The molecule has 0 N–H and O–H groups in total. The topological polar surface area (TPSA) is 3.24 Å². The van der Waals surface area contributed by atoms with Gasteiger partial charge in [0.2, 0.25) is 0 Å². The second-order valence-corrected chi connectivity index (χ2v) is 5.15. The summed E-state index contributed by atoms with van der Waals surface area (Å²) in [6.45, 7) is 3.60. The van der Waals surface area contributed by atoms with Crippen LogP contribution in [0.1, 0.15) is 31.7 Å². The third kappa shape index (κ3) is 3.34. The Labute approximate surface area is 99.5 Å². The third-order valence-corrected chi connectivity index (χ3v) is 3.82. The van der Waals surface area contributed by atoms with Crippen LogP contribution in [0.5, 0.6) is 0 Å². The van der Waals surface area contributed by atoms with Crippen molar-refractivity contribution in [2.75, 3.05) is 13.6 Å². The zero-order chi connectivity index (χ0) is 11.4. The van der Waals surface area contributed by atoms with Crippen molar-refractivity contribution in [3.05, 3.63) is 35.9 Å². The summed E-state index contributed by atoms with van der Waals surface area (Å²) in [4.78, 5) is 2.53. The van der Waals surface area contributed by atoms with Gasteiger partial charge in [-0.1, -0.05) is 30.3 Å². The lowest BCUT2D eigenvalue weighted by atomic mass is 10.1. The molecule has 1 heteroatoms. The minimum Gasteiger partial charge on any atom is -0.303 e. The Hall–Kier alpha value is -0.820. The highest BCUT2D eigenvalue weighted by Crippen LogP contribution is 2.34. The van der Waals surface area contributed by atoms with Crippen molar-refractivity contribution in [2.24, 2.45) is 5.92 Å². The van der Waals surface area contributed by atoms with Crippen LogP contribution in [0, 0.1) is 5.92 Å². The summed E-state index contributed by atoms with van der Waals surface area (Å²) < 4.78 is 0. The molecule has 1 aliphatic rings. The lowest BCUT2D eigenvalue weighted by Gasteiger charge is -2.24. The van der Waals surface area contributed by atoms with Gasteiger partial charge in [0.15, 0.2) is 0 Å². The van der Waals surface area contributed by atoms with E-state index in [1.54, 1.807) is 0 Å². The maximum atomic E-state index is 2.53. The van der Waals surface area contributed by atoms with Gasteiger partial charge in [-0.2, -0.15) is 0 Å². The molecule has 0 amide bonds. The predicted octanol–water partition coefficient (Wildman–Crippen LogP) is 3.35. The Morgan fingerprint density at radius 2 is 1.94 bits per heavy atom. The lowest BCUT2D eigenvalue weighted by Crippen LogP contribution is -2.31. The number of rotatable bonds is 6. The normalized spacial score (nSPS) is 17.7. The molecular formula is C15H23N. The second-order valence-electron chi connectivity index (χ2n) is 5.15. The summed E-state index contributed by atoms with van der Waals surface area (Å²) in [6, 6.07) is 11.6. The highest BCUT2D eigenvalue weighted by Gasteiger charge is 2.29. The monoisotopic (exact) mass is 217 g/mol. The van der Waals surface area contributed by atoms with Crippen molar-refractivity contribution in [2.45, 2.75) is 38.6 Å². The molecule has 0 radical (unpaired) electrons. The fourth-order valence-corrected chi connectivity index (χ4v) is 2.32. The first-order valence-corrected chi connectivity index (χ1v) is 6.51. The van der Waals surface area contributed by atoms with Gasteiger partial charge in [-0.05, 0) is 57.7 Å². The van der Waals surface area contributed by atoms with E-state index in [2.05, 4.69) is 49.2 Å². The van der Waals surface area contributed by atoms with Crippen LogP contribution < -0.4 is 0 Å². The number of hydrogen-bond donors (Lipinski definition) is 0. The van der Waals surface area contributed by atoms with E-state index in [1.165, 1.54) is 37.8 Å².